The average molecular weight is 346 g/mol. The van der Waals surface area contributed by atoms with Crippen molar-refractivity contribution in [2.75, 3.05) is 6.61 Å². The number of hydrogen-bond acceptors (Lipinski definition) is 7. The van der Waals surface area contributed by atoms with E-state index >= 15 is 0 Å². The Morgan fingerprint density at radius 2 is 2.17 bits per heavy atom. The summed E-state index contributed by atoms with van der Waals surface area (Å²) in [6.45, 7) is -0.469. The second kappa shape index (κ2) is 5.78. The van der Waals surface area contributed by atoms with Crippen LogP contribution in [0.3, 0.4) is 0 Å². The Balaban J connectivity index is 1.93. The van der Waals surface area contributed by atoms with Gasteiger partial charge in [0.2, 0.25) is 0 Å². The van der Waals surface area contributed by atoms with E-state index < -0.39 is 32.9 Å². The molecule has 1 saturated heterocycles. The molecule has 0 aromatic carbocycles. The molecule has 3 N–H and O–H groups in total. The van der Waals surface area contributed by atoms with Gasteiger partial charge < -0.3 is 24.2 Å². The molecule has 1 aliphatic rings. The molecule has 3 rings (SSSR count). The van der Waals surface area contributed by atoms with Crippen LogP contribution in [0, 0.1) is 0 Å². The van der Waals surface area contributed by atoms with E-state index in [-0.39, 0.29) is 23.1 Å². The van der Waals surface area contributed by atoms with E-state index in [0.717, 1.165) is 0 Å². The van der Waals surface area contributed by atoms with E-state index in [0.29, 0.717) is 0 Å². The Morgan fingerprint density at radius 3 is 2.83 bits per heavy atom. The smallest absolute Gasteiger partial charge is 0.394 e. The van der Waals surface area contributed by atoms with Crippen molar-refractivity contribution in [3.8, 4) is 0 Å². The van der Waals surface area contributed by atoms with Crippen molar-refractivity contribution in [2.24, 2.45) is 7.05 Å². The molecule has 126 valence electrons. The van der Waals surface area contributed by atoms with E-state index in [9.17, 15) is 14.5 Å². The standard InChI is InChI=1S/C11H15N4O7P/c1-14-4-13-10-9(11(14)17)12-5-15(10)8-2-6(7(3-16)21-8)22-23(18,19)20/h4-8,16H,2-3H2,1H3,(H2,18,19,20)/t6-,7+,8+/m0/s1. The number of ether oxygens (including phenoxy) is 1. The Bertz CT molecular complexity index is 827. The van der Waals surface area contributed by atoms with E-state index in [2.05, 4.69) is 14.5 Å². The summed E-state index contributed by atoms with van der Waals surface area (Å²) >= 11 is 0. The number of aliphatic hydroxyl groups is 1. The molecular formula is C11H15N4O7P. The number of phosphoric acid groups is 1. The molecule has 1 aliphatic heterocycles. The summed E-state index contributed by atoms with van der Waals surface area (Å²) in [5.41, 5.74) is 0.110. The van der Waals surface area contributed by atoms with E-state index in [1.165, 1.54) is 21.8 Å². The maximum Gasteiger partial charge on any atom is 0.469 e. The average Bonchev–Trinajstić information content (AvgIpc) is 3.05. The first-order valence-corrected chi connectivity index (χ1v) is 8.21. The number of aromatic nitrogens is 4. The maximum atomic E-state index is 12.0. The Kier molecular flexibility index (Phi) is 4.08. The van der Waals surface area contributed by atoms with E-state index in [1.54, 1.807) is 7.05 Å². The van der Waals surface area contributed by atoms with Gasteiger partial charge in [0.05, 0.1) is 19.3 Å². The van der Waals surface area contributed by atoms with Gasteiger partial charge in [0.25, 0.3) is 5.56 Å². The predicted molar refractivity (Wildman–Crippen MR) is 75.3 cm³/mol. The molecule has 0 amide bonds. The molecule has 0 saturated carbocycles. The van der Waals surface area contributed by atoms with Gasteiger partial charge in [0.1, 0.15) is 18.4 Å². The molecule has 1 fully saturated rings. The van der Waals surface area contributed by atoms with Gasteiger partial charge in [0, 0.05) is 13.5 Å². The lowest BCUT2D eigenvalue weighted by atomic mass is 10.2. The molecule has 0 aliphatic carbocycles. The number of aliphatic hydroxyl groups excluding tert-OH is 1. The second-order valence-corrected chi connectivity index (χ2v) is 6.36. The number of imidazole rings is 1. The number of phosphoric ester groups is 1. The lowest BCUT2D eigenvalue weighted by molar-refractivity contribution is -0.0425. The van der Waals surface area contributed by atoms with Gasteiger partial charge in [-0.2, -0.15) is 0 Å². The summed E-state index contributed by atoms with van der Waals surface area (Å²) in [5, 5.41) is 9.29. The minimum atomic E-state index is -4.72. The van der Waals surface area contributed by atoms with Gasteiger partial charge in [0.15, 0.2) is 11.2 Å². The van der Waals surface area contributed by atoms with E-state index in [1.807, 2.05) is 0 Å². The molecule has 2 aromatic heterocycles. The van der Waals surface area contributed by atoms with Crippen molar-refractivity contribution in [1.29, 1.82) is 0 Å². The zero-order valence-electron chi connectivity index (χ0n) is 12.0. The summed E-state index contributed by atoms with van der Waals surface area (Å²) in [6.07, 6.45) is 0.154. The highest BCUT2D eigenvalue weighted by molar-refractivity contribution is 7.46. The fourth-order valence-corrected chi connectivity index (χ4v) is 3.10. The molecule has 3 heterocycles. The van der Waals surface area contributed by atoms with Crippen LogP contribution in [0.4, 0.5) is 0 Å². The third kappa shape index (κ3) is 3.07. The van der Waals surface area contributed by atoms with Crippen LogP contribution in [0.2, 0.25) is 0 Å². The summed E-state index contributed by atoms with van der Waals surface area (Å²) in [4.78, 5) is 37.9. The molecule has 0 radical (unpaired) electrons. The first kappa shape index (κ1) is 16.2. The molecule has 23 heavy (non-hydrogen) atoms. The second-order valence-electron chi connectivity index (χ2n) is 5.17. The van der Waals surface area contributed by atoms with Gasteiger partial charge in [-0.15, -0.1) is 0 Å². The van der Waals surface area contributed by atoms with Crippen LogP contribution in [-0.2, 0) is 20.9 Å². The van der Waals surface area contributed by atoms with Crippen LogP contribution < -0.4 is 5.56 Å². The maximum absolute atomic E-state index is 12.0. The topological polar surface area (TPSA) is 149 Å². The van der Waals surface area contributed by atoms with Crippen LogP contribution in [0.15, 0.2) is 17.4 Å². The van der Waals surface area contributed by atoms with Crippen molar-refractivity contribution in [2.45, 2.75) is 24.9 Å². The first-order chi connectivity index (χ1) is 10.8. The van der Waals surface area contributed by atoms with Crippen molar-refractivity contribution < 1.29 is 28.7 Å². The Hall–Kier alpha value is -1.62. The summed E-state index contributed by atoms with van der Waals surface area (Å²) in [5.74, 6) is 0. The van der Waals surface area contributed by atoms with Gasteiger partial charge >= 0.3 is 7.82 Å². The summed E-state index contributed by atoms with van der Waals surface area (Å²) < 4.78 is 23.9. The third-order valence-electron chi connectivity index (χ3n) is 3.59. The molecular weight excluding hydrogens is 331 g/mol. The van der Waals surface area contributed by atoms with Crippen molar-refractivity contribution in [3.63, 3.8) is 0 Å². The van der Waals surface area contributed by atoms with Gasteiger partial charge in [-0.1, -0.05) is 0 Å². The minimum Gasteiger partial charge on any atom is -0.394 e. The normalized spacial score (nSPS) is 25.3. The number of aryl methyl sites for hydroxylation is 1. The lowest BCUT2D eigenvalue weighted by Crippen LogP contribution is -2.26. The molecule has 3 atom stereocenters. The predicted octanol–water partition coefficient (Wildman–Crippen LogP) is -1.11. The number of rotatable bonds is 4. The fourth-order valence-electron chi connectivity index (χ4n) is 2.53. The molecule has 0 spiro atoms. The van der Waals surface area contributed by atoms with Crippen molar-refractivity contribution in [3.05, 3.63) is 23.0 Å². The third-order valence-corrected chi connectivity index (χ3v) is 4.13. The molecule has 11 nitrogen and oxygen atoms in total. The molecule has 12 heteroatoms. The highest BCUT2D eigenvalue weighted by atomic mass is 31.2. The fraction of sp³-hybridized carbons (Fsp3) is 0.545. The van der Waals surface area contributed by atoms with Crippen molar-refractivity contribution >= 4 is 19.0 Å². The molecule has 0 bridgehead atoms. The summed E-state index contributed by atoms with van der Waals surface area (Å²) in [7, 11) is -3.17. The van der Waals surface area contributed by atoms with Crippen molar-refractivity contribution in [1.82, 2.24) is 19.1 Å². The Morgan fingerprint density at radius 1 is 1.43 bits per heavy atom. The van der Waals surface area contributed by atoms with Crippen LogP contribution in [-0.4, -0.2) is 52.8 Å². The SMILES string of the molecule is Cn1cnc2c(ncn2[C@H]2C[C@H](OP(=O)(O)O)[C@@H](CO)O2)c1=O. The zero-order valence-corrected chi connectivity index (χ0v) is 12.9. The summed E-state index contributed by atoms with van der Waals surface area (Å²) in [6, 6.07) is 0. The zero-order chi connectivity index (χ0) is 16.8. The highest BCUT2D eigenvalue weighted by Crippen LogP contribution is 2.43. The lowest BCUT2D eigenvalue weighted by Gasteiger charge is -2.16. The first-order valence-electron chi connectivity index (χ1n) is 6.68. The van der Waals surface area contributed by atoms with Gasteiger partial charge in [-0.3, -0.25) is 13.9 Å². The highest BCUT2D eigenvalue weighted by Gasteiger charge is 2.40. The van der Waals surface area contributed by atoms with Gasteiger partial charge in [-0.05, 0) is 0 Å². The number of hydrogen-bond donors (Lipinski definition) is 3. The minimum absolute atomic E-state index is 0.0681. The van der Waals surface area contributed by atoms with E-state index in [4.69, 9.17) is 14.5 Å². The Labute approximate surface area is 129 Å². The van der Waals surface area contributed by atoms with Gasteiger partial charge in [-0.25, -0.2) is 14.5 Å². The quantitative estimate of drug-likeness (QED) is 0.586. The largest absolute Gasteiger partial charge is 0.469 e. The van der Waals surface area contributed by atoms with Crippen LogP contribution in [0.5, 0.6) is 0 Å². The number of fused-ring (bicyclic) bond motifs is 1. The van der Waals surface area contributed by atoms with Crippen LogP contribution >= 0.6 is 7.82 Å². The van der Waals surface area contributed by atoms with Crippen LogP contribution in [0.25, 0.3) is 11.2 Å². The molecule has 0 unspecified atom stereocenters. The monoisotopic (exact) mass is 346 g/mol. The molecule has 2 aromatic rings. The van der Waals surface area contributed by atoms with Crippen LogP contribution in [0.1, 0.15) is 12.6 Å². The number of nitrogens with zero attached hydrogens (tertiary/aromatic N) is 4.